The van der Waals surface area contributed by atoms with Crippen molar-refractivity contribution in [1.29, 1.82) is 0 Å². The zero-order chi connectivity index (χ0) is 24.8. The summed E-state index contributed by atoms with van der Waals surface area (Å²) in [6.07, 6.45) is 9.75. The molecule has 0 aliphatic carbocycles. The highest BCUT2D eigenvalue weighted by Gasteiger charge is 2.16. The van der Waals surface area contributed by atoms with Gasteiger partial charge in [0.2, 0.25) is 0 Å². The largest absolute Gasteiger partial charge is 0.353 e. The third kappa shape index (κ3) is 4.14. The van der Waals surface area contributed by atoms with Gasteiger partial charge in [0.15, 0.2) is 5.65 Å². The monoisotopic (exact) mass is 504 g/mol. The minimum Gasteiger partial charge on any atom is -0.353 e. The van der Waals surface area contributed by atoms with E-state index in [9.17, 15) is 0 Å². The third-order valence-corrected chi connectivity index (χ3v) is 8.18. The fraction of sp³-hybridized carbons (Fsp3) is 0.233. The Kier molecular flexibility index (Phi) is 5.60. The van der Waals surface area contributed by atoms with Crippen molar-refractivity contribution in [1.82, 2.24) is 30.0 Å². The highest BCUT2D eigenvalue weighted by Crippen LogP contribution is 2.36. The number of aromatic amines is 2. The Morgan fingerprint density at radius 1 is 0.919 bits per heavy atom. The molecule has 6 aromatic rings. The maximum Gasteiger partial charge on any atom is 0.181 e. The number of pyridine rings is 2. The lowest BCUT2D eigenvalue weighted by atomic mass is 10.0. The minimum atomic E-state index is 0.713. The number of nitrogens with zero attached hydrogens (tertiary/aromatic N) is 4. The summed E-state index contributed by atoms with van der Waals surface area (Å²) < 4.78 is 0. The van der Waals surface area contributed by atoms with Crippen molar-refractivity contribution >= 4 is 33.3 Å². The van der Waals surface area contributed by atoms with E-state index < -0.39 is 0 Å². The van der Waals surface area contributed by atoms with E-state index in [-0.39, 0.29) is 0 Å². The molecule has 1 saturated heterocycles. The van der Waals surface area contributed by atoms with E-state index in [1.165, 1.54) is 60.0 Å². The van der Waals surface area contributed by atoms with E-state index in [1.54, 1.807) is 11.3 Å². The summed E-state index contributed by atoms with van der Waals surface area (Å²) in [5.74, 6) is 0. The van der Waals surface area contributed by atoms with Crippen molar-refractivity contribution in [2.75, 3.05) is 13.1 Å². The van der Waals surface area contributed by atoms with E-state index in [4.69, 9.17) is 0 Å². The van der Waals surface area contributed by atoms with Crippen LogP contribution < -0.4 is 0 Å². The van der Waals surface area contributed by atoms with Crippen LogP contribution in [0, 0.1) is 6.92 Å². The topological polar surface area (TPSA) is 73.5 Å². The van der Waals surface area contributed by atoms with Crippen molar-refractivity contribution in [2.45, 2.75) is 32.7 Å². The van der Waals surface area contributed by atoms with Crippen LogP contribution in [-0.4, -0.2) is 43.1 Å². The first-order valence-corrected chi connectivity index (χ1v) is 13.8. The highest BCUT2D eigenvalue weighted by molar-refractivity contribution is 7.08. The van der Waals surface area contributed by atoms with Gasteiger partial charge in [-0.05, 0) is 90.1 Å². The number of piperidine rings is 1. The lowest BCUT2D eigenvalue weighted by Gasteiger charge is -2.26. The number of fused-ring (bicyclic) bond motifs is 2. The summed E-state index contributed by atoms with van der Waals surface area (Å²) in [5.41, 5.74) is 10.9. The summed E-state index contributed by atoms with van der Waals surface area (Å²) >= 11 is 1.72. The van der Waals surface area contributed by atoms with Gasteiger partial charge in [-0.3, -0.25) is 15.0 Å². The molecule has 0 radical (unpaired) electrons. The van der Waals surface area contributed by atoms with Crippen LogP contribution in [0.15, 0.2) is 65.7 Å². The second kappa shape index (κ2) is 9.25. The molecular formula is C30H28N6S. The molecule has 1 aliphatic heterocycles. The summed E-state index contributed by atoms with van der Waals surface area (Å²) in [5, 5.41) is 14.3. The zero-order valence-corrected chi connectivity index (χ0v) is 21.6. The van der Waals surface area contributed by atoms with Crippen molar-refractivity contribution < 1.29 is 0 Å². The van der Waals surface area contributed by atoms with Gasteiger partial charge in [-0.1, -0.05) is 18.6 Å². The Morgan fingerprint density at radius 3 is 2.68 bits per heavy atom. The molecule has 0 spiro atoms. The second-order valence-corrected chi connectivity index (χ2v) is 10.8. The summed E-state index contributed by atoms with van der Waals surface area (Å²) in [4.78, 5) is 15.4. The van der Waals surface area contributed by atoms with Crippen molar-refractivity contribution in [3.05, 3.63) is 76.9 Å². The van der Waals surface area contributed by atoms with Gasteiger partial charge in [0.05, 0.1) is 11.4 Å². The normalized spacial score (nSPS) is 14.6. The lowest BCUT2D eigenvalue weighted by Crippen LogP contribution is -2.29. The third-order valence-electron chi connectivity index (χ3n) is 7.50. The molecule has 7 heteroatoms. The molecule has 0 amide bonds. The first-order valence-electron chi connectivity index (χ1n) is 12.9. The van der Waals surface area contributed by atoms with Crippen LogP contribution in [0.1, 0.15) is 30.4 Å². The zero-order valence-electron chi connectivity index (χ0n) is 20.8. The van der Waals surface area contributed by atoms with Gasteiger partial charge in [-0.15, -0.1) is 0 Å². The molecule has 0 atom stereocenters. The van der Waals surface area contributed by atoms with Gasteiger partial charge < -0.3 is 4.98 Å². The number of likely N-dealkylation sites (tertiary alicyclic amines) is 1. The number of rotatable bonds is 5. The molecule has 6 heterocycles. The minimum absolute atomic E-state index is 0.713. The van der Waals surface area contributed by atoms with Gasteiger partial charge in [-0.2, -0.15) is 16.4 Å². The summed E-state index contributed by atoms with van der Waals surface area (Å²) in [6.45, 7) is 5.45. The van der Waals surface area contributed by atoms with E-state index in [1.807, 2.05) is 18.6 Å². The maximum atomic E-state index is 4.69. The predicted octanol–water partition coefficient (Wildman–Crippen LogP) is 7.19. The van der Waals surface area contributed by atoms with Crippen LogP contribution in [0.4, 0.5) is 0 Å². The molecule has 0 unspecified atom stereocenters. The van der Waals surface area contributed by atoms with Crippen molar-refractivity contribution in [3.8, 4) is 33.6 Å². The van der Waals surface area contributed by atoms with Gasteiger partial charge in [-0.25, -0.2) is 4.98 Å². The Labute approximate surface area is 219 Å². The summed E-state index contributed by atoms with van der Waals surface area (Å²) in [6, 6.07) is 13.2. The molecule has 1 fully saturated rings. The number of hydrogen-bond acceptors (Lipinski definition) is 5. The number of aromatic nitrogens is 5. The number of H-pyrrole nitrogens is 2. The van der Waals surface area contributed by atoms with Crippen LogP contribution in [0.25, 0.3) is 55.6 Å². The molecule has 1 aromatic carbocycles. The predicted molar refractivity (Wildman–Crippen MR) is 152 cm³/mol. The van der Waals surface area contributed by atoms with Crippen LogP contribution in [0.3, 0.4) is 0 Å². The number of benzene rings is 1. The number of nitrogens with one attached hydrogen (secondary N) is 2. The molecule has 0 saturated carbocycles. The Balaban J connectivity index is 1.28. The van der Waals surface area contributed by atoms with Crippen molar-refractivity contribution in [2.24, 2.45) is 0 Å². The van der Waals surface area contributed by atoms with Crippen LogP contribution in [0.2, 0.25) is 0 Å². The summed E-state index contributed by atoms with van der Waals surface area (Å²) in [7, 11) is 0. The average molecular weight is 505 g/mol. The fourth-order valence-electron chi connectivity index (χ4n) is 5.53. The molecular weight excluding hydrogens is 476 g/mol. The maximum absolute atomic E-state index is 4.69. The smallest absolute Gasteiger partial charge is 0.181 e. The van der Waals surface area contributed by atoms with Crippen LogP contribution in [-0.2, 0) is 6.54 Å². The molecule has 37 heavy (non-hydrogen) atoms. The Hall–Kier alpha value is -3.81. The van der Waals surface area contributed by atoms with Gasteiger partial charge >= 0.3 is 0 Å². The first-order chi connectivity index (χ1) is 18.2. The number of aryl methyl sites for hydroxylation is 1. The number of thiophene rings is 1. The molecule has 184 valence electrons. The fourth-order valence-corrected chi connectivity index (χ4v) is 6.19. The Morgan fingerprint density at radius 2 is 1.81 bits per heavy atom. The van der Waals surface area contributed by atoms with Crippen LogP contribution >= 0.6 is 11.3 Å². The second-order valence-electron chi connectivity index (χ2n) is 10.0. The first kappa shape index (κ1) is 22.4. The molecule has 2 N–H and O–H groups in total. The van der Waals surface area contributed by atoms with E-state index >= 15 is 0 Å². The van der Waals surface area contributed by atoms with E-state index in [2.05, 4.69) is 84.1 Å². The Bertz CT molecular complexity index is 1710. The molecule has 5 aromatic heterocycles. The lowest BCUT2D eigenvalue weighted by molar-refractivity contribution is 0.220. The van der Waals surface area contributed by atoms with E-state index in [0.29, 0.717) is 5.65 Å². The van der Waals surface area contributed by atoms with Gasteiger partial charge in [0, 0.05) is 52.6 Å². The molecule has 0 bridgehead atoms. The molecule has 1 aliphatic rings. The molecule has 6 nitrogen and oxygen atoms in total. The highest BCUT2D eigenvalue weighted by atomic mass is 32.1. The standard InChI is InChI=1S/C30H28N6S/c1-19-5-6-24(21-7-10-37-18-21)25-13-27(33-28(19)25)29-26-12-23(16-32-30(26)35-34-29)22-11-20(14-31-15-22)17-36-8-3-2-4-9-36/h5-7,10-16,18,33H,2-4,8-9,17H2,1H3,(H,32,34,35). The van der Waals surface area contributed by atoms with Crippen LogP contribution in [0.5, 0.6) is 0 Å². The van der Waals surface area contributed by atoms with Crippen molar-refractivity contribution in [3.63, 3.8) is 0 Å². The SMILES string of the molecule is Cc1ccc(-c2ccsc2)c2cc(-c3[nH]nc4ncc(-c5cncc(CN6CCCCC6)c5)cc34)[nH]c12. The van der Waals surface area contributed by atoms with Gasteiger partial charge in [0.1, 0.15) is 0 Å². The van der Waals surface area contributed by atoms with Gasteiger partial charge in [0.25, 0.3) is 0 Å². The van der Waals surface area contributed by atoms with E-state index in [0.717, 1.165) is 40.0 Å². The quantitative estimate of drug-likeness (QED) is 0.261. The molecule has 7 rings (SSSR count). The number of hydrogen-bond donors (Lipinski definition) is 2. The average Bonchev–Trinajstić information content (AvgIpc) is 3.69.